The first-order valence-electron chi connectivity index (χ1n) is 5.13. The van der Waals surface area contributed by atoms with Crippen LogP contribution in [0.1, 0.15) is 17.0 Å². The number of halogens is 2. The molecule has 2 heterocycles. The molecule has 0 bridgehead atoms. The molecule has 4 nitrogen and oxygen atoms in total. The Kier molecular flexibility index (Phi) is 3.69. The van der Waals surface area contributed by atoms with Crippen LogP contribution in [0.5, 0.6) is 0 Å². The van der Waals surface area contributed by atoms with Crippen LogP contribution >= 0.6 is 27.5 Å². The van der Waals surface area contributed by atoms with E-state index < -0.39 is 0 Å². The minimum absolute atomic E-state index is 0.465. The number of nitrogens with zero attached hydrogens (tertiary/aromatic N) is 2. The second kappa shape index (κ2) is 5.06. The van der Waals surface area contributed by atoms with Gasteiger partial charge in [-0.2, -0.15) is 5.10 Å². The number of H-pyrrole nitrogens is 1. The van der Waals surface area contributed by atoms with E-state index in [-0.39, 0.29) is 0 Å². The van der Waals surface area contributed by atoms with E-state index in [2.05, 4.69) is 36.4 Å². The van der Waals surface area contributed by atoms with Gasteiger partial charge in [0, 0.05) is 28.5 Å². The average molecular weight is 316 g/mol. The molecule has 0 amide bonds. The van der Waals surface area contributed by atoms with Crippen molar-refractivity contribution in [3.8, 4) is 0 Å². The number of aryl methyl sites for hydroxylation is 2. The molecule has 0 saturated carbocycles. The first-order valence-corrected chi connectivity index (χ1v) is 6.30. The molecule has 0 atom stereocenters. The second-order valence-corrected chi connectivity index (χ2v) is 5.03. The fourth-order valence-corrected chi connectivity index (χ4v) is 2.07. The number of hydrogen-bond donors (Lipinski definition) is 2. The zero-order chi connectivity index (χ0) is 12.4. The van der Waals surface area contributed by atoms with Gasteiger partial charge in [-0.15, -0.1) is 0 Å². The Morgan fingerprint density at radius 2 is 2.24 bits per heavy atom. The minimum Gasteiger partial charge on any atom is -0.378 e. The number of aromatic nitrogens is 3. The first kappa shape index (κ1) is 12.4. The van der Waals surface area contributed by atoms with Crippen molar-refractivity contribution in [2.75, 3.05) is 5.32 Å². The molecule has 2 aromatic heterocycles. The lowest BCUT2D eigenvalue weighted by Crippen LogP contribution is -2.02. The molecule has 0 radical (unpaired) electrons. The summed E-state index contributed by atoms with van der Waals surface area (Å²) < 4.78 is 0.894. The van der Waals surface area contributed by atoms with E-state index in [9.17, 15) is 0 Å². The van der Waals surface area contributed by atoms with E-state index in [0.717, 1.165) is 27.1 Å². The predicted octanol–water partition coefficient (Wildman–Crippen LogP) is 3.45. The van der Waals surface area contributed by atoms with Crippen LogP contribution in [-0.4, -0.2) is 15.2 Å². The van der Waals surface area contributed by atoms with Gasteiger partial charge in [-0.05, 0) is 35.8 Å². The number of hydrogen-bond acceptors (Lipinski definition) is 3. The Hall–Kier alpha value is -1.07. The second-order valence-electron chi connectivity index (χ2n) is 3.76. The van der Waals surface area contributed by atoms with E-state index in [1.807, 2.05) is 19.9 Å². The highest BCUT2D eigenvalue weighted by Crippen LogP contribution is 2.24. The maximum atomic E-state index is 6.00. The summed E-state index contributed by atoms with van der Waals surface area (Å²) >= 11 is 9.36. The fraction of sp³-hybridized carbons (Fsp3) is 0.273. The van der Waals surface area contributed by atoms with Crippen LogP contribution < -0.4 is 5.32 Å². The lowest BCUT2D eigenvalue weighted by Gasteiger charge is -2.08. The summed E-state index contributed by atoms with van der Waals surface area (Å²) in [5.74, 6) is 0. The molecule has 0 aliphatic rings. The molecule has 6 heteroatoms. The third-order valence-corrected chi connectivity index (χ3v) is 3.28. The van der Waals surface area contributed by atoms with Crippen LogP contribution in [0.3, 0.4) is 0 Å². The van der Waals surface area contributed by atoms with Gasteiger partial charge >= 0.3 is 0 Å². The molecule has 90 valence electrons. The van der Waals surface area contributed by atoms with Crippen molar-refractivity contribution in [3.63, 3.8) is 0 Å². The zero-order valence-corrected chi connectivity index (χ0v) is 11.9. The Bertz CT molecular complexity index is 519. The smallest absolute Gasteiger partial charge is 0.152 e. The number of nitrogens with one attached hydrogen (secondary N) is 2. The summed E-state index contributed by atoms with van der Waals surface area (Å²) in [5.41, 5.74) is 4.02. The normalized spacial score (nSPS) is 10.6. The molecular weight excluding hydrogens is 304 g/mol. The van der Waals surface area contributed by atoms with Gasteiger partial charge in [0.15, 0.2) is 5.15 Å². The van der Waals surface area contributed by atoms with Gasteiger partial charge in [0.2, 0.25) is 0 Å². The lowest BCUT2D eigenvalue weighted by atomic mass is 10.2. The predicted molar refractivity (Wildman–Crippen MR) is 72.3 cm³/mol. The minimum atomic E-state index is 0.465. The summed E-state index contributed by atoms with van der Waals surface area (Å²) in [5, 5.41) is 10.8. The number of rotatable bonds is 3. The Labute approximate surface area is 113 Å². The van der Waals surface area contributed by atoms with Crippen molar-refractivity contribution < 1.29 is 0 Å². The monoisotopic (exact) mass is 314 g/mol. The number of anilines is 1. The lowest BCUT2D eigenvalue weighted by molar-refractivity contribution is 1.02. The van der Waals surface area contributed by atoms with Crippen molar-refractivity contribution >= 4 is 33.2 Å². The Balaban J connectivity index is 2.15. The molecule has 2 aromatic rings. The van der Waals surface area contributed by atoms with Crippen molar-refractivity contribution in [1.29, 1.82) is 0 Å². The van der Waals surface area contributed by atoms with E-state index >= 15 is 0 Å². The SMILES string of the molecule is Cc1n[nH]c(C)c1CNc1cc(Br)cnc1Cl. The third kappa shape index (κ3) is 2.79. The van der Waals surface area contributed by atoms with Gasteiger partial charge in [-0.1, -0.05) is 11.6 Å². The standard InChI is InChI=1S/C11H12BrClN4/c1-6-9(7(2)17-16-6)5-14-10-3-8(12)4-15-11(10)13/h3-4,14H,5H2,1-2H3,(H,16,17). The molecule has 2 rings (SSSR count). The summed E-state index contributed by atoms with van der Waals surface area (Å²) in [4.78, 5) is 4.06. The third-order valence-electron chi connectivity index (χ3n) is 2.54. The van der Waals surface area contributed by atoms with Crippen molar-refractivity contribution in [2.45, 2.75) is 20.4 Å². The van der Waals surface area contributed by atoms with Gasteiger partial charge in [0.1, 0.15) is 0 Å². The quantitative estimate of drug-likeness (QED) is 0.853. The zero-order valence-electron chi connectivity index (χ0n) is 9.51. The van der Waals surface area contributed by atoms with E-state index in [0.29, 0.717) is 11.7 Å². The van der Waals surface area contributed by atoms with Crippen molar-refractivity contribution in [2.24, 2.45) is 0 Å². The van der Waals surface area contributed by atoms with Gasteiger partial charge in [0.25, 0.3) is 0 Å². The maximum Gasteiger partial charge on any atom is 0.152 e. The van der Waals surface area contributed by atoms with Crippen LogP contribution in [0.15, 0.2) is 16.7 Å². The van der Waals surface area contributed by atoms with Gasteiger partial charge in [0.05, 0.1) is 11.4 Å². The van der Waals surface area contributed by atoms with E-state index in [1.54, 1.807) is 6.20 Å². The number of pyridine rings is 1. The molecule has 0 saturated heterocycles. The molecule has 17 heavy (non-hydrogen) atoms. The topological polar surface area (TPSA) is 53.6 Å². The highest BCUT2D eigenvalue weighted by atomic mass is 79.9. The Morgan fingerprint density at radius 1 is 1.47 bits per heavy atom. The van der Waals surface area contributed by atoms with Crippen LogP contribution in [0.4, 0.5) is 5.69 Å². The van der Waals surface area contributed by atoms with Crippen LogP contribution in [0, 0.1) is 13.8 Å². The van der Waals surface area contributed by atoms with Gasteiger partial charge < -0.3 is 5.32 Å². The van der Waals surface area contributed by atoms with Crippen LogP contribution in [0.25, 0.3) is 0 Å². The van der Waals surface area contributed by atoms with Crippen LogP contribution in [0.2, 0.25) is 5.15 Å². The fourth-order valence-electron chi connectivity index (χ4n) is 1.56. The van der Waals surface area contributed by atoms with Gasteiger partial charge in [-0.25, -0.2) is 4.98 Å². The molecule has 0 spiro atoms. The number of aromatic amines is 1. The van der Waals surface area contributed by atoms with Crippen molar-refractivity contribution in [3.05, 3.63) is 38.8 Å². The molecular formula is C11H12BrClN4. The van der Waals surface area contributed by atoms with Gasteiger partial charge in [-0.3, -0.25) is 5.10 Å². The summed E-state index contributed by atoms with van der Waals surface area (Å²) in [6.07, 6.45) is 1.67. The maximum absolute atomic E-state index is 6.00. The van der Waals surface area contributed by atoms with Crippen LogP contribution in [-0.2, 0) is 6.54 Å². The first-order chi connectivity index (χ1) is 8.08. The Morgan fingerprint density at radius 3 is 2.88 bits per heavy atom. The van der Waals surface area contributed by atoms with Crippen molar-refractivity contribution in [1.82, 2.24) is 15.2 Å². The highest BCUT2D eigenvalue weighted by molar-refractivity contribution is 9.10. The molecule has 0 aliphatic heterocycles. The summed E-state index contributed by atoms with van der Waals surface area (Å²) in [6, 6.07) is 1.90. The highest BCUT2D eigenvalue weighted by Gasteiger charge is 2.07. The molecule has 0 fully saturated rings. The molecule has 0 unspecified atom stereocenters. The summed E-state index contributed by atoms with van der Waals surface area (Å²) in [6.45, 7) is 4.64. The molecule has 0 aromatic carbocycles. The summed E-state index contributed by atoms with van der Waals surface area (Å²) in [7, 11) is 0. The molecule has 0 aliphatic carbocycles. The largest absolute Gasteiger partial charge is 0.378 e. The van der Waals surface area contributed by atoms with E-state index in [1.165, 1.54) is 0 Å². The average Bonchev–Trinajstić information content (AvgIpc) is 2.61. The molecule has 2 N–H and O–H groups in total. The van der Waals surface area contributed by atoms with E-state index in [4.69, 9.17) is 11.6 Å².